The molecule has 0 saturated carbocycles. The minimum atomic E-state index is -0.699. The SMILES string of the molecule is O=C(Nc1ccc2c(c1)OCO2)[C@@H]1[C@@H]2C=C[C@@]3(CN(CCc4ccccc4)C(=O)[C@H]13)O2. The third kappa shape index (κ3) is 2.91. The first kappa shape index (κ1) is 18.4. The lowest BCUT2D eigenvalue weighted by Gasteiger charge is -2.23. The molecule has 4 heterocycles. The van der Waals surface area contributed by atoms with Gasteiger partial charge in [-0.25, -0.2) is 0 Å². The largest absolute Gasteiger partial charge is 0.454 e. The Morgan fingerprint density at radius 2 is 1.97 bits per heavy atom. The molecule has 0 radical (unpaired) electrons. The number of nitrogens with zero attached hydrogens (tertiary/aromatic N) is 1. The Morgan fingerprint density at radius 3 is 2.84 bits per heavy atom. The maximum Gasteiger partial charge on any atom is 0.231 e. The zero-order valence-corrected chi connectivity index (χ0v) is 16.8. The van der Waals surface area contributed by atoms with Gasteiger partial charge in [0.25, 0.3) is 0 Å². The molecule has 0 aromatic heterocycles. The van der Waals surface area contributed by atoms with Crippen molar-refractivity contribution in [3.63, 3.8) is 0 Å². The summed E-state index contributed by atoms with van der Waals surface area (Å²) >= 11 is 0. The van der Waals surface area contributed by atoms with Crippen LogP contribution in [0.2, 0.25) is 0 Å². The Balaban J connectivity index is 1.19. The van der Waals surface area contributed by atoms with Crippen LogP contribution in [0.25, 0.3) is 0 Å². The van der Waals surface area contributed by atoms with E-state index in [-0.39, 0.29) is 24.7 Å². The van der Waals surface area contributed by atoms with Gasteiger partial charge in [-0.3, -0.25) is 9.59 Å². The monoisotopic (exact) mass is 418 g/mol. The zero-order valence-electron chi connectivity index (χ0n) is 16.8. The number of likely N-dealkylation sites (tertiary alicyclic amines) is 1. The number of carbonyl (C=O) groups is 2. The molecule has 4 aliphatic heterocycles. The first-order valence-electron chi connectivity index (χ1n) is 10.5. The fraction of sp³-hybridized carbons (Fsp3) is 0.333. The summed E-state index contributed by atoms with van der Waals surface area (Å²) in [7, 11) is 0. The smallest absolute Gasteiger partial charge is 0.231 e. The molecule has 4 aliphatic rings. The van der Waals surface area contributed by atoms with E-state index in [1.807, 2.05) is 35.3 Å². The van der Waals surface area contributed by atoms with Crippen LogP contribution in [-0.4, -0.2) is 48.3 Å². The topological polar surface area (TPSA) is 77.1 Å². The Hall–Kier alpha value is -3.32. The van der Waals surface area contributed by atoms with E-state index in [4.69, 9.17) is 14.2 Å². The summed E-state index contributed by atoms with van der Waals surface area (Å²) in [5.74, 6) is -0.00513. The Morgan fingerprint density at radius 1 is 1.13 bits per heavy atom. The van der Waals surface area contributed by atoms with Gasteiger partial charge in [0, 0.05) is 18.3 Å². The number of fused-ring (bicyclic) bond motifs is 2. The molecule has 31 heavy (non-hydrogen) atoms. The van der Waals surface area contributed by atoms with E-state index in [0.717, 1.165) is 6.42 Å². The van der Waals surface area contributed by atoms with E-state index in [2.05, 4.69) is 17.4 Å². The second kappa shape index (κ2) is 6.85. The molecule has 2 saturated heterocycles. The molecule has 1 spiro atoms. The summed E-state index contributed by atoms with van der Waals surface area (Å²) in [5.41, 5.74) is 1.10. The predicted octanol–water partition coefficient (Wildman–Crippen LogP) is 2.38. The number of hydrogen-bond acceptors (Lipinski definition) is 5. The van der Waals surface area contributed by atoms with Crippen LogP contribution < -0.4 is 14.8 Å². The number of amides is 2. The van der Waals surface area contributed by atoms with Crippen LogP contribution in [0, 0.1) is 11.8 Å². The molecule has 2 fully saturated rings. The van der Waals surface area contributed by atoms with E-state index >= 15 is 0 Å². The van der Waals surface area contributed by atoms with Gasteiger partial charge in [-0.15, -0.1) is 0 Å². The highest BCUT2D eigenvalue weighted by Crippen LogP contribution is 2.52. The van der Waals surface area contributed by atoms with Crippen molar-refractivity contribution in [2.45, 2.75) is 18.1 Å². The molecule has 0 aliphatic carbocycles. The zero-order chi connectivity index (χ0) is 21.0. The van der Waals surface area contributed by atoms with E-state index in [0.29, 0.717) is 30.3 Å². The number of ether oxygens (including phenoxy) is 3. The van der Waals surface area contributed by atoms with Crippen molar-refractivity contribution in [2.24, 2.45) is 11.8 Å². The Bertz CT molecular complexity index is 1080. The van der Waals surface area contributed by atoms with Gasteiger partial charge in [-0.05, 0) is 24.1 Å². The van der Waals surface area contributed by atoms with E-state index in [1.54, 1.807) is 18.2 Å². The summed E-state index contributed by atoms with van der Waals surface area (Å²) in [6.45, 7) is 1.28. The highest BCUT2D eigenvalue weighted by Gasteiger charge is 2.66. The van der Waals surface area contributed by atoms with Crippen molar-refractivity contribution in [1.82, 2.24) is 4.90 Å². The molecule has 7 heteroatoms. The highest BCUT2D eigenvalue weighted by atomic mass is 16.7. The standard InChI is InChI=1S/C24H22N2O5/c27-22(25-16-6-7-17-19(12-16)30-14-29-17)20-18-8-10-24(31-18)13-26(23(28)21(20)24)11-9-15-4-2-1-3-5-15/h1-8,10,12,18,20-21H,9,11,13-14H2,(H,25,27)/t18-,20+,21-,24-/m0/s1. The summed E-state index contributed by atoms with van der Waals surface area (Å²) < 4.78 is 16.9. The van der Waals surface area contributed by atoms with E-state index in [9.17, 15) is 9.59 Å². The van der Waals surface area contributed by atoms with Gasteiger partial charge in [0.1, 0.15) is 5.60 Å². The van der Waals surface area contributed by atoms with Crippen LogP contribution in [0.15, 0.2) is 60.7 Å². The average molecular weight is 418 g/mol. The van der Waals surface area contributed by atoms with Gasteiger partial charge >= 0.3 is 0 Å². The van der Waals surface area contributed by atoms with Crippen LogP contribution in [0.5, 0.6) is 11.5 Å². The summed E-state index contributed by atoms with van der Waals surface area (Å²) in [6, 6.07) is 15.4. The summed E-state index contributed by atoms with van der Waals surface area (Å²) in [4.78, 5) is 28.4. The first-order chi connectivity index (χ1) is 15.1. The number of nitrogens with one attached hydrogen (secondary N) is 1. The van der Waals surface area contributed by atoms with Gasteiger partial charge in [0.2, 0.25) is 18.6 Å². The summed E-state index contributed by atoms with van der Waals surface area (Å²) in [5, 5.41) is 2.94. The quantitative estimate of drug-likeness (QED) is 0.755. The number of rotatable bonds is 5. The third-order valence-electron chi connectivity index (χ3n) is 6.63. The molecule has 2 aromatic carbocycles. The van der Waals surface area contributed by atoms with Crippen molar-refractivity contribution < 1.29 is 23.8 Å². The molecule has 0 unspecified atom stereocenters. The fourth-order valence-corrected chi connectivity index (χ4v) is 5.18. The van der Waals surface area contributed by atoms with E-state index in [1.165, 1.54) is 5.56 Å². The lowest BCUT2D eigenvalue weighted by molar-refractivity contribution is -0.135. The van der Waals surface area contributed by atoms with Crippen LogP contribution in [0.4, 0.5) is 5.69 Å². The van der Waals surface area contributed by atoms with Crippen molar-refractivity contribution in [3.8, 4) is 11.5 Å². The normalized spacial score (nSPS) is 29.5. The number of benzene rings is 2. The van der Waals surface area contributed by atoms with Gasteiger partial charge in [-0.1, -0.05) is 42.5 Å². The van der Waals surface area contributed by atoms with Crippen molar-refractivity contribution in [3.05, 3.63) is 66.2 Å². The number of hydrogen-bond donors (Lipinski definition) is 1. The van der Waals surface area contributed by atoms with Gasteiger partial charge in [-0.2, -0.15) is 0 Å². The maximum atomic E-state index is 13.3. The molecular formula is C24H22N2O5. The lowest BCUT2D eigenvalue weighted by Crippen LogP contribution is -2.41. The minimum absolute atomic E-state index is 0.00591. The van der Waals surface area contributed by atoms with Crippen molar-refractivity contribution >= 4 is 17.5 Å². The second-order valence-corrected chi connectivity index (χ2v) is 8.45. The van der Waals surface area contributed by atoms with Crippen LogP contribution in [-0.2, 0) is 20.7 Å². The molecule has 4 atom stereocenters. The molecule has 2 amide bonds. The van der Waals surface area contributed by atoms with E-state index < -0.39 is 17.4 Å². The highest BCUT2D eigenvalue weighted by molar-refractivity contribution is 5.99. The van der Waals surface area contributed by atoms with Crippen LogP contribution in [0.3, 0.4) is 0 Å². The Kier molecular flexibility index (Phi) is 4.08. The molecular weight excluding hydrogens is 396 g/mol. The lowest BCUT2D eigenvalue weighted by atomic mass is 9.77. The Labute approximate surface area is 179 Å². The van der Waals surface area contributed by atoms with Crippen LogP contribution >= 0.6 is 0 Å². The van der Waals surface area contributed by atoms with Crippen LogP contribution in [0.1, 0.15) is 5.56 Å². The van der Waals surface area contributed by atoms with Gasteiger partial charge in [0.05, 0.1) is 24.5 Å². The number of carbonyl (C=O) groups excluding carboxylic acids is 2. The fourth-order valence-electron chi connectivity index (χ4n) is 5.18. The predicted molar refractivity (Wildman–Crippen MR) is 112 cm³/mol. The molecule has 158 valence electrons. The van der Waals surface area contributed by atoms with Crippen molar-refractivity contribution in [1.29, 1.82) is 0 Å². The minimum Gasteiger partial charge on any atom is -0.454 e. The molecule has 2 aromatic rings. The molecule has 6 rings (SSSR count). The average Bonchev–Trinajstić information content (AvgIpc) is 3.53. The number of anilines is 1. The molecule has 7 nitrogen and oxygen atoms in total. The first-order valence-corrected chi connectivity index (χ1v) is 10.5. The maximum absolute atomic E-state index is 13.3. The van der Waals surface area contributed by atoms with Gasteiger partial charge < -0.3 is 24.4 Å². The summed E-state index contributed by atoms with van der Waals surface area (Å²) in [6.07, 6.45) is 4.30. The molecule has 2 bridgehead atoms. The molecule has 1 N–H and O–H groups in total. The third-order valence-corrected chi connectivity index (χ3v) is 6.63. The second-order valence-electron chi connectivity index (χ2n) is 8.45. The van der Waals surface area contributed by atoms with Gasteiger partial charge in [0.15, 0.2) is 11.5 Å². The van der Waals surface area contributed by atoms with Crippen molar-refractivity contribution in [2.75, 3.05) is 25.2 Å².